The van der Waals surface area contributed by atoms with Gasteiger partial charge in [-0.15, -0.1) is 11.3 Å². The normalized spacial score (nSPS) is 12.0. The number of para-hydroxylation sites is 1. The molecule has 4 heterocycles. The first kappa shape index (κ1) is 30.3. The van der Waals surface area contributed by atoms with E-state index >= 15 is 0 Å². The summed E-state index contributed by atoms with van der Waals surface area (Å²) < 4.78 is 15.5. The molecule has 0 atom stereocenters. The summed E-state index contributed by atoms with van der Waals surface area (Å²) in [4.78, 5) is 15.8. The number of hydrogen-bond donors (Lipinski definition) is 0. The molecule has 0 aliphatic carbocycles. The molecule has 55 heavy (non-hydrogen) atoms. The Bertz CT molecular complexity index is 3510. The van der Waals surface area contributed by atoms with Crippen LogP contribution in [0.5, 0.6) is 0 Å². The van der Waals surface area contributed by atoms with Gasteiger partial charge in [0.05, 0.1) is 4.70 Å². The second-order valence-corrected chi connectivity index (χ2v) is 15.0. The van der Waals surface area contributed by atoms with Gasteiger partial charge in [-0.1, -0.05) is 121 Å². The van der Waals surface area contributed by atoms with Gasteiger partial charge in [0.1, 0.15) is 22.3 Å². The highest BCUT2D eigenvalue weighted by Gasteiger charge is 2.22. The van der Waals surface area contributed by atoms with Crippen LogP contribution < -0.4 is 0 Å². The standard InChI is InChI=1S/C49H27N3O2S/c1-2-11-28(12-3-1)30-14-10-15-31(25-30)47-50-48(32-22-23-35-36-24-21-29-13-4-5-16-33(29)44(36)54-41(35)26-32)52-49(51-47)39-27-38-34-17-6-8-19-40(34)53-45(38)43-37-18-7-9-20-42(37)55-46(39)43/h1-27H. The van der Waals surface area contributed by atoms with E-state index in [0.29, 0.717) is 17.5 Å². The number of fused-ring (bicyclic) bond motifs is 12. The highest BCUT2D eigenvalue weighted by atomic mass is 32.1. The third kappa shape index (κ3) is 4.68. The van der Waals surface area contributed by atoms with Gasteiger partial charge in [-0.05, 0) is 59.0 Å². The molecule has 5 nitrogen and oxygen atoms in total. The van der Waals surface area contributed by atoms with E-state index in [1.807, 2.05) is 18.2 Å². The molecular formula is C49H27N3O2S. The molecule has 256 valence electrons. The van der Waals surface area contributed by atoms with Crippen molar-refractivity contribution in [2.45, 2.75) is 0 Å². The van der Waals surface area contributed by atoms with E-state index in [1.54, 1.807) is 11.3 Å². The van der Waals surface area contributed by atoms with Crippen LogP contribution in [0.25, 0.3) is 120 Å². The third-order valence-corrected chi connectivity index (χ3v) is 11.9. The number of aromatic nitrogens is 3. The summed E-state index contributed by atoms with van der Waals surface area (Å²) in [6, 6.07) is 56.7. The van der Waals surface area contributed by atoms with Gasteiger partial charge in [0, 0.05) is 59.1 Å². The van der Waals surface area contributed by atoms with E-state index in [4.69, 9.17) is 23.8 Å². The van der Waals surface area contributed by atoms with Gasteiger partial charge in [-0.3, -0.25) is 0 Å². The molecule has 6 heteroatoms. The molecule has 0 saturated carbocycles. The van der Waals surface area contributed by atoms with Crippen LogP contribution in [0.15, 0.2) is 173 Å². The van der Waals surface area contributed by atoms with Crippen molar-refractivity contribution in [3.8, 4) is 45.3 Å². The van der Waals surface area contributed by atoms with E-state index < -0.39 is 0 Å². The van der Waals surface area contributed by atoms with E-state index in [0.717, 1.165) is 97.9 Å². The second-order valence-electron chi connectivity index (χ2n) is 13.9. The van der Waals surface area contributed by atoms with Crippen LogP contribution in [-0.2, 0) is 0 Å². The molecule has 0 amide bonds. The molecule has 4 aromatic heterocycles. The number of nitrogens with zero attached hydrogens (tertiary/aromatic N) is 3. The summed E-state index contributed by atoms with van der Waals surface area (Å²) in [7, 11) is 0. The van der Waals surface area contributed by atoms with E-state index in [2.05, 4.69) is 146 Å². The molecule has 0 radical (unpaired) electrons. The lowest BCUT2D eigenvalue weighted by Gasteiger charge is -2.11. The summed E-state index contributed by atoms with van der Waals surface area (Å²) in [6.45, 7) is 0. The van der Waals surface area contributed by atoms with Gasteiger partial charge in [0.15, 0.2) is 17.5 Å². The van der Waals surface area contributed by atoms with Crippen molar-refractivity contribution in [1.29, 1.82) is 0 Å². The maximum Gasteiger partial charge on any atom is 0.165 e. The highest BCUT2D eigenvalue weighted by molar-refractivity contribution is 7.26. The predicted molar refractivity (Wildman–Crippen MR) is 227 cm³/mol. The van der Waals surface area contributed by atoms with Crippen LogP contribution in [0.3, 0.4) is 0 Å². The fraction of sp³-hybridized carbons (Fsp3) is 0. The van der Waals surface area contributed by atoms with Crippen molar-refractivity contribution in [3.05, 3.63) is 164 Å². The SMILES string of the molecule is c1ccc(-c2cccc(-c3nc(-c4ccc5c(c4)oc4c6ccccc6ccc54)nc(-c4cc5c6ccccc6oc5c5c4sc4ccccc45)n3)c2)cc1. The molecule has 0 saturated heterocycles. The molecule has 12 rings (SSSR count). The summed E-state index contributed by atoms with van der Waals surface area (Å²) >= 11 is 1.74. The molecule has 12 aromatic rings. The largest absolute Gasteiger partial charge is 0.455 e. The Hall–Kier alpha value is -7.15. The summed E-state index contributed by atoms with van der Waals surface area (Å²) in [5.41, 5.74) is 8.33. The maximum atomic E-state index is 6.61. The van der Waals surface area contributed by atoms with Gasteiger partial charge in [0.25, 0.3) is 0 Å². The Balaban J connectivity index is 1.13. The lowest BCUT2D eigenvalue weighted by Crippen LogP contribution is -2.00. The number of thiophene rings is 1. The molecule has 0 fully saturated rings. The molecular weight excluding hydrogens is 695 g/mol. The molecule has 0 unspecified atom stereocenters. The zero-order valence-electron chi connectivity index (χ0n) is 29.2. The summed E-state index contributed by atoms with van der Waals surface area (Å²) in [5, 5.41) is 8.71. The van der Waals surface area contributed by atoms with Crippen LogP contribution in [0.4, 0.5) is 0 Å². The smallest absolute Gasteiger partial charge is 0.165 e. The minimum absolute atomic E-state index is 0.573. The van der Waals surface area contributed by atoms with E-state index in [9.17, 15) is 0 Å². The van der Waals surface area contributed by atoms with E-state index in [1.165, 1.54) is 4.70 Å². The lowest BCUT2D eigenvalue weighted by molar-refractivity contribution is 0.672. The minimum Gasteiger partial charge on any atom is -0.455 e. The Labute approximate surface area is 317 Å². The molecule has 0 aliphatic heterocycles. The molecule has 0 spiro atoms. The second kappa shape index (κ2) is 11.7. The van der Waals surface area contributed by atoms with Crippen molar-refractivity contribution >= 4 is 86.2 Å². The molecule has 0 N–H and O–H groups in total. The maximum absolute atomic E-state index is 6.61. The van der Waals surface area contributed by atoms with Crippen LogP contribution in [0.2, 0.25) is 0 Å². The Morgan fingerprint density at radius 3 is 1.93 bits per heavy atom. The Kier molecular flexibility index (Phi) is 6.44. The first-order valence-electron chi connectivity index (χ1n) is 18.3. The van der Waals surface area contributed by atoms with Crippen LogP contribution in [0.1, 0.15) is 0 Å². The predicted octanol–water partition coefficient (Wildman–Crippen LogP) is 13.9. The fourth-order valence-corrected chi connectivity index (χ4v) is 9.31. The first-order chi connectivity index (χ1) is 27.2. The topological polar surface area (TPSA) is 65.0 Å². The average Bonchev–Trinajstić information content (AvgIpc) is 3.95. The zero-order chi connectivity index (χ0) is 36.0. The van der Waals surface area contributed by atoms with Crippen LogP contribution in [0, 0.1) is 0 Å². The molecule has 0 bridgehead atoms. The first-order valence-corrected chi connectivity index (χ1v) is 19.1. The van der Waals surface area contributed by atoms with Crippen molar-refractivity contribution in [1.82, 2.24) is 15.0 Å². The van der Waals surface area contributed by atoms with Gasteiger partial charge in [0.2, 0.25) is 0 Å². The van der Waals surface area contributed by atoms with Crippen LogP contribution in [-0.4, -0.2) is 15.0 Å². The highest BCUT2D eigenvalue weighted by Crippen LogP contribution is 2.46. The number of furan rings is 2. The van der Waals surface area contributed by atoms with Crippen molar-refractivity contribution in [3.63, 3.8) is 0 Å². The molecule has 0 aliphatic rings. The minimum atomic E-state index is 0.573. The third-order valence-electron chi connectivity index (χ3n) is 10.7. The summed E-state index contributed by atoms with van der Waals surface area (Å²) in [5.74, 6) is 1.77. The Morgan fingerprint density at radius 2 is 1.04 bits per heavy atom. The van der Waals surface area contributed by atoms with Crippen molar-refractivity contribution < 1.29 is 8.83 Å². The summed E-state index contributed by atoms with van der Waals surface area (Å²) in [6.07, 6.45) is 0. The average molecular weight is 722 g/mol. The van der Waals surface area contributed by atoms with Gasteiger partial charge in [-0.2, -0.15) is 0 Å². The number of hydrogen-bond acceptors (Lipinski definition) is 6. The zero-order valence-corrected chi connectivity index (χ0v) is 30.0. The quantitative estimate of drug-likeness (QED) is 0.181. The fourth-order valence-electron chi connectivity index (χ4n) is 8.10. The number of benzene rings is 8. The van der Waals surface area contributed by atoms with Crippen molar-refractivity contribution in [2.24, 2.45) is 0 Å². The van der Waals surface area contributed by atoms with Gasteiger partial charge < -0.3 is 8.83 Å². The molecule has 8 aromatic carbocycles. The van der Waals surface area contributed by atoms with E-state index in [-0.39, 0.29) is 0 Å². The lowest BCUT2D eigenvalue weighted by atomic mass is 10.0. The van der Waals surface area contributed by atoms with Crippen molar-refractivity contribution in [2.75, 3.05) is 0 Å². The van der Waals surface area contributed by atoms with Gasteiger partial charge >= 0.3 is 0 Å². The Morgan fingerprint density at radius 1 is 0.382 bits per heavy atom. The monoisotopic (exact) mass is 721 g/mol. The number of rotatable bonds is 4. The van der Waals surface area contributed by atoms with Crippen LogP contribution >= 0.6 is 11.3 Å². The van der Waals surface area contributed by atoms with Gasteiger partial charge in [-0.25, -0.2) is 15.0 Å².